The second kappa shape index (κ2) is 8.52. The number of ketones is 1. The molecule has 4 atom stereocenters. The van der Waals surface area contributed by atoms with Crippen LogP contribution >= 0.6 is 0 Å². The van der Waals surface area contributed by atoms with Crippen LogP contribution in [0.4, 0.5) is 11.4 Å². The summed E-state index contributed by atoms with van der Waals surface area (Å²) in [5, 5.41) is 11.1. The van der Waals surface area contributed by atoms with E-state index in [1.807, 2.05) is 30.3 Å². The molecule has 39 heavy (non-hydrogen) atoms. The summed E-state index contributed by atoms with van der Waals surface area (Å²) >= 11 is 0. The summed E-state index contributed by atoms with van der Waals surface area (Å²) in [4.78, 5) is 55.6. The lowest BCUT2D eigenvalue weighted by Crippen LogP contribution is -2.44. The van der Waals surface area contributed by atoms with E-state index in [0.717, 1.165) is 16.0 Å². The van der Waals surface area contributed by atoms with Gasteiger partial charge in [-0.25, -0.2) is 4.90 Å². The molecule has 2 saturated heterocycles. The zero-order valence-corrected chi connectivity index (χ0v) is 20.4. The smallest absolute Gasteiger partial charge is 0.269 e. The number of rotatable bonds is 4. The number of nitro groups is 1. The second-order valence-electron chi connectivity index (χ2n) is 9.84. The van der Waals surface area contributed by atoms with Gasteiger partial charge in [-0.15, -0.1) is 0 Å². The van der Waals surface area contributed by atoms with E-state index in [1.165, 1.54) is 24.3 Å². The van der Waals surface area contributed by atoms with Crippen molar-refractivity contribution in [3.8, 4) is 11.5 Å². The van der Waals surface area contributed by atoms with Gasteiger partial charge in [0.05, 0.1) is 28.5 Å². The molecule has 7 rings (SSSR count). The molecular formula is C29H21N3O7. The van der Waals surface area contributed by atoms with Crippen LogP contribution in [0.5, 0.6) is 11.5 Å². The third kappa shape index (κ3) is 3.37. The number of fused-ring (bicyclic) bond motifs is 6. The van der Waals surface area contributed by atoms with Crippen LogP contribution in [0.2, 0.25) is 0 Å². The van der Waals surface area contributed by atoms with E-state index in [4.69, 9.17) is 9.47 Å². The number of carbonyl (C=O) groups excluding carboxylic acids is 3. The Bertz CT molecular complexity index is 1600. The highest BCUT2D eigenvalue weighted by Gasteiger charge is 2.64. The van der Waals surface area contributed by atoms with Gasteiger partial charge in [-0.2, -0.15) is 0 Å². The van der Waals surface area contributed by atoms with E-state index in [-0.39, 0.29) is 22.9 Å². The topological polar surface area (TPSA) is 119 Å². The Morgan fingerprint density at radius 1 is 0.897 bits per heavy atom. The molecule has 10 nitrogen and oxygen atoms in total. The molecule has 3 aromatic rings. The number of carbonyl (C=O) groups is 3. The molecule has 2 amide bonds. The monoisotopic (exact) mass is 523 g/mol. The number of non-ortho nitro benzene ring substituents is 1. The van der Waals surface area contributed by atoms with Gasteiger partial charge < -0.3 is 14.4 Å². The van der Waals surface area contributed by atoms with E-state index in [9.17, 15) is 24.5 Å². The zero-order chi connectivity index (χ0) is 26.8. The van der Waals surface area contributed by atoms with Crippen molar-refractivity contribution in [2.75, 3.05) is 18.1 Å². The quantitative estimate of drug-likeness (QED) is 0.219. The van der Waals surface area contributed by atoms with Crippen molar-refractivity contribution in [3.63, 3.8) is 0 Å². The standard InChI is InChI=1S/C29H21N3O7/c33-27(17-5-7-18(8-6-17)32(36)37)26-24-23(25-20-4-2-1-3-16(20)11-12-30(25)26)28(34)31(29(24)35)19-9-10-21-22(15-19)39-14-13-38-21/h1-12,15,23-26H,13-14H2/t23-,24+,25?,26-/m0/s1. The summed E-state index contributed by atoms with van der Waals surface area (Å²) in [6.45, 7) is 0.768. The van der Waals surface area contributed by atoms with Gasteiger partial charge in [0.25, 0.3) is 5.69 Å². The lowest BCUT2D eigenvalue weighted by atomic mass is 9.83. The van der Waals surface area contributed by atoms with Crippen LogP contribution in [0.15, 0.2) is 72.9 Å². The second-order valence-corrected chi connectivity index (χ2v) is 9.84. The highest BCUT2D eigenvalue weighted by Crippen LogP contribution is 2.54. The number of hydrogen-bond acceptors (Lipinski definition) is 8. The van der Waals surface area contributed by atoms with Gasteiger partial charge in [-0.3, -0.25) is 24.5 Å². The molecule has 4 heterocycles. The van der Waals surface area contributed by atoms with Gasteiger partial charge >= 0.3 is 0 Å². The summed E-state index contributed by atoms with van der Waals surface area (Å²) in [5.74, 6) is -2.01. The van der Waals surface area contributed by atoms with Crippen molar-refractivity contribution in [2.24, 2.45) is 11.8 Å². The highest BCUT2D eigenvalue weighted by atomic mass is 16.6. The average Bonchev–Trinajstić information content (AvgIpc) is 3.44. The minimum Gasteiger partial charge on any atom is -0.486 e. The van der Waals surface area contributed by atoms with Gasteiger partial charge in [-0.05, 0) is 41.5 Å². The number of amides is 2. The van der Waals surface area contributed by atoms with Crippen LogP contribution in [0.1, 0.15) is 27.5 Å². The van der Waals surface area contributed by atoms with Crippen molar-refractivity contribution in [1.82, 2.24) is 4.90 Å². The summed E-state index contributed by atoms with van der Waals surface area (Å²) in [6.07, 6.45) is 3.64. The molecule has 4 aliphatic rings. The molecule has 0 spiro atoms. The molecule has 0 radical (unpaired) electrons. The first-order valence-electron chi connectivity index (χ1n) is 12.5. The Labute approximate surface area is 222 Å². The summed E-state index contributed by atoms with van der Waals surface area (Å²) < 4.78 is 11.3. The normalized spacial score (nSPS) is 24.3. The van der Waals surface area contributed by atoms with Crippen molar-refractivity contribution in [2.45, 2.75) is 12.1 Å². The molecule has 194 valence electrons. The average molecular weight is 524 g/mol. The lowest BCUT2D eigenvalue weighted by molar-refractivity contribution is -0.384. The van der Waals surface area contributed by atoms with E-state index < -0.39 is 34.7 Å². The molecule has 1 unspecified atom stereocenters. The number of Topliss-reactive ketones (excluding diaryl/α,β-unsaturated/α-hetero) is 1. The Morgan fingerprint density at radius 3 is 2.38 bits per heavy atom. The van der Waals surface area contributed by atoms with Gasteiger partial charge in [0, 0.05) is 30.0 Å². The van der Waals surface area contributed by atoms with Crippen LogP contribution in [0, 0.1) is 22.0 Å². The first-order valence-corrected chi connectivity index (χ1v) is 12.5. The van der Waals surface area contributed by atoms with Crippen molar-refractivity contribution < 1.29 is 28.8 Å². The Balaban J connectivity index is 1.33. The summed E-state index contributed by atoms with van der Waals surface area (Å²) in [7, 11) is 0. The summed E-state index contributed by atoms with van der Waals surface area (Å²) in [5.41, 5.74) is 2.22. The maximum atomic E-state index is 14.1. The van der Waals surface area contributed by atoms with Crippen molar-refractivity contribution in [1.29, 1.82) is 0 Å². The number of benzene rings is 3. The highest BCUT2D eigenvalue weighted by molar-refractivity contribution is 6.24. The maximum absolute atomic E-state index is 14.1. The Kier molecular flexibility index (Phi) is 5.06. The number of nitrogens with zero attached hydrogens (tertiary/aromatic N) is 3. The van der Waals surface area contributed by atoms with Crippen molar-refractivity contribution in [3.05, 3.63) is 99.7 Å². The van der Waals surface area contributed by atoms with Gasteiger partial charge in [0.1, 0.15) is 19.3 Å². The first-order chi connectivity index (χ1) is 18.9. The molecule has 10 heteroatoms. The van der Waals surface area contributed by atoms with E-state index >= 15 is 0 Å². The minimum atomic E-state index is -0.968. The third-order valence-electron chi connectivity index (χ3n) is 7.88. The molecule has 0 aliphatic carbocycles. The predicted octanol–water partition coefficient (Wildman–Crippen LogP) is 3.76. The minimum absolute atomic E-state index is 0.141. The predicted molar refractivity (Wildman–Crippen MR) is 138 cm³/mol. The van der Waals surface area contributed by atoms with Crippen LogP contribution < -0.4 is 14.4 Å². The SMILES string of the molecule is O=C(c1ccc([N+](=O)[O-])cc1)[C@@H]1[C@@H]2C(=O)N(c3ccc4c(c3)OCCO4)C(=O)[C@@H]2C2c3ccccc3C=CN21. The largest absolute Gasteiger partial charge is 0.486 e. The van der Waals surface area contributed by atoms with E-state index in [1.54, 1.807) is 29.3 Å². The van der Waals surface area contributed by atoms with E-state index in [2.05, 4.69) is 0 Å². The number of hydrogen-bond donors (Lipinski definition) is 0. The number of ether oxygens (including phenoxy) is 2. The number of anilines is 1. The molecule has 2 fully saturated rings. The fraction of sp³-hybridized carbons (Fsp3) is 0.207. The number of nitro benzene ring substituents is 1. The Hall–Kier alpha value is -4.99. The maximum Gasteiger partial charge on any atom is 0.269 e. The molecule has 0 saturated carbocycles. The van der Waals surface area contributed by atoms with Crippen LogP contribution in [-0.2, 0) is 9.59 Å². The zero-order valence-electron chi connectivity index (χ0n) is 20.4. The van der Waals surface area contributed by atoms with Gasteiger partial charge in [0.2, 0.25) is 11.8 Å². The molecule has 0 aromatic heterocycles. The molecule has 0 N–H and O–H groups in total. The molecule has 3 aromatic carbocycles. The van der Waals surface area contributed by atoms with Crippen LogP contribution in [0.3, 0.4) is 0 Å². The van der Waals surface area contributed by atoms with Gasteiger partial charge in [0.15, 0.2) is 17.3 Å². The van der Waals surface area contributed by atoms with Crippen molar-refractivity contribution >= 4 is 35.0 Å². The fourth-order valence-corrected chi connectivity index (χ4v) is 6.20. The van der Waals surface area contributed by atoms with Gasteiger partial charge in [-0.1, -0.05) is 24.3 Å². The Morgan fingerprint density at radius 2 is 1.62 bits per heavy atom. The molecular weight excluding hydrogens is 502 g/mol. The number of imide groups is 1. The third-order valence-corrected chi connectivity index (χ3v) is 7.88. The lowest BCUT2D eigenvalue weighted by Gasteiger charge is -2.35. The van der Waals surface area contributed by atoms with E-state index in [0.29, 0.717) is 30.4 Å². The molecule has 4 aliphatic heterocycles. The van der Waals surface area contributed by atoms with Crippen LogP contribution in [0.25, 0.3) is 6.08 Å². The fourth-order valence-electron chi connectivity index (χ4n) is 6.20. The molecule has 0 bridgehead atoms. The van der Waals surface area contributed by atoms with Crippen LogP contribution in [-0.4, -0.2) is 46.7 Å². The summed E-state index contributed by atoms with van der Waals surface area (Å²) in [6, 6.07) is 16.4. The first kappa shape index (κ1) is 23.2.